The molecular weight excluding hydrogens is 194 g/mol. The Kier molecular flexibility index (Phi) is 2.41. The van der Waals surface area contributed by atoms with E-state index < -0.39 is 11.9 Å². The zero-order valence-corrected chi connectivity index (χ0v) is 8.40. The quantitative estimate of drug-likeness (QED) is 0.505. The highest BCUT2D eigenvalue weighted by atomic mass is 16.5. The lowest BCUT2D eigenvalue weighted by atomic mass is 10.2. The number of ether oxygens (including phenoxy) is 1. The number of rotatable bonds is 1. The number of nitrogens with zero attached hydrogens (tertiary/aromatic N) is 1. The van der Waals surface area contributed by atoms with Crippen LogP contribution in [0.3, 0.4) is 0 Å². The maximum Gasteiger partial charge on any atom is 0.397 e. The van der Waals surface area contributed by atoms with Crippen LogP contribution in [0.2, 0.25) is 0 Å². The van der Waals surface area contributed by atoms with Gasteiger partial charge in [0.05, 0.1) is 6.54 Å². The summed E-state index contributed by atoms with van der Waals surface area (Å²) in [5.74, 6) is -1.37. The predicted molar refractivity (Wildman–Crippen MR) is 54.5 cm³/mol. The second-order valence-electron chi connectivity index (χ2n) is 3.43. The van der Waals surface area contributed by atoms with Gasteiger partial charge in [-0.15, -0.1) is 0 Å². The van der Waals surface area contributed by atoms with Gasteiger partial charge in [-0.3, -0.25) is 9.69 Å². The molecular formula is C11H11NO3. The van der Waals surface area contributed by atoms with E-state index in [1.54, 1.807) is 0 Å². The molecule has 15 heavy (non-hydrogen) atoms. The van der Waals surface area contributed by atoms with E-state index in [1.165, 1.54) is 4.90 Å². The molecule has 0 aromatic heterocycles. The number of anilines is 1. The van der Waals surface area contributed by atoms with Crippen molar-refractivity contribution in [3.63, 3.8) is 0 Å². The molecule has 0 radical (unpaired) electrons. The Hall–Kier alpha value is -1.84. The van der Waals surface area contributed by atoms with Crippen molar-refractivity contribution in [2.75, 3.05) is 18.1 Å². The summed E-state index contributed by atoms with van der Waals surface area (Å²) in [7, 11) is 0. The minimum absolute atomic E-state index is 0.262. The number of hydrogen-bond donors (Lipinski definition) is 0. The van der Waals surface area contributed by atoms with E-state index in [0.717, 1.165) is 11.3 Å². The van der Waals surface area contributed by atoms with Crippen LogP contribution in [0.1, 0.15) is 5.56 Å². The highest BCUT2D eigenvalue weighted by Gasteiger charge is 2.28. The number of carbonyl (C=O) groups is 2. The molecule has 1 aliphatic heterocycles. The average Bonchev–Trinajstić information content (AvgIpc) is 2.24. The highest BCUT2D eigenvalue weighted by molar-refractivity contribution is 6.38. The van der Waals surface area contributed by atoms with E-state index >= 15 is 0 Å². The summed E-state index contributed by atoms with van der Waals surface area (Å²) >= 11 is 0. The normalized spacial score (nSPS) is 16.5. The molecule has 1 saturated heterocycles. The van der Waals surface area contributed by atoms with Gasteiger partial charge in [-0.2, -0.15) is 0 Å². The molecule has 0 atom stereocenters. The third-order valence-electron chi connectivity index (χ3n) is 2.31. The number of aryl methyl sites for hydroxylation is 1. The minimum Gasteiger partial charge on any atom is -0.457 e. The molecule has 0 bridgehead atoms. The Morgan fingerprint density at radius 3 is 2.53 bits per heavy atom. The van der Waals surface area contributed by atoms with Crippen molar-refractivity contribution in [3.8, 4) is 0 Å². The lowest BCUT2D eigenvalue weighted by Crippen LogP contribution is -2.45. The van der Waals surface area contributed by atoms with Gasteiger partial charge >= 0.3 is 11.9 Å². The number of cyclic esters (lactones) is 1. The Balaban J connectivity index is 2.26. The van der Waals surface area contributed by atoms with E-state index in [0.29, 0.717) is 6.54 Å². The second-order valence-corrected chi connectivity index (χ2v) is 3.43. The molecule has 0 saturated carbocycles. The molecule has 1 fully saturated rings. The van der Waals surface area contributed by atoms with Crippen LogP contribution in [0.15, 0.2) is 24.3 Å². The fourth-order valence-electron chi connectivity index (χ4n) is 1.47. The van der Waals surface area contributed by atoms with Gasteiger partial charge in [0.15, 0.2) is 0 Å². The summed E-state index contributed by atoms with van der Waals surface area (Å²) in [6.45, 7) is 2.65. The predicted octanol–water partition coefficient (Wildman–Crippen LogP) is 0.885. The van der Waals surface area contributed by atoms with Gasteiger partial charge in [-0.25, -0.2) is 4.79 Å². The van der Waals surface area contributed by atoms with Gasteiger partial charge in [-0.05, 0) is 19.1 Å². The fourth-order valence-corrected chi connectivity index (χ4v) is 1.47. The number of esters is 1. The first-order valence-electron chi connectivity index (χ1n) is 4.74. The maximum atomic E-state index is 11.5. The first-order chi connectivity index (χ1) is 7.18. The second kappa shape index (κ2) is 3.73. The van der Waals surface area contributed by atoms with Gasteiger partial charge in [0.1, 0.15) is 6.61 Å². The van der Waals surface area contributed by atoms with Crippen molar-refractivity contribution in [2.45, 2.75) is 6.92 Å². The van der Waals surface area contributed by atoms with Gasteiger partial charge in [0.25, 0.3) is 0 Å². The SMILES string of the molecule is Cc1ccc(N2CCOC(=O)C2=O)cc1. The maximum absolute atomic E-state index is 11.5. The van der Waals surface area contributed by atoms with Crippen molar-refractivity contribution in [3.05, 3.63) is 29.8 Å². The summed E-state index contributed by atoms with van der Waals surface area (Å²) in [5.41, 5.74) is 1.85. The molecule has 1 aliphatic rings. The van der Waals surface area contributed by atoms with Crippen LogP contribution in [-0.4, -0.2) is 25.0 Å². The summed E-state index contributed by atoms with van der Waals surface area (Å²) in [6.07, 6.45) is 0. The van der Waals surface area contributed by atoms with E-state index in [4.69, 9.17) is 0 Å². The van der Waals surface area contributed by atoms with Crippen LogP contribution < -0.4 is 4.90 Å². The number of amides is 1. The van der Waals surface area contributed by atoms with E-state index in [-0.39, 0.29) is 6.61 Å². The number of morpholine rings is 1. The lowest BCUT2D eigenvalue weighted by Gasteiger charge is -2.25. The average molecular weight is 205 g/mol. The van der Waals surface area contributed by atoms with E-state index in [2.05, 4.69) is 4.74 Å². The largest absolute Gasteiger partial charge is 0.457 e. The molecule has 1 heterocycles. The zero-order chi connectivity index (χ0) is 10.8. The number of hydrogen-bond acceptors (Lipinski definition) is 3. The summed E-state index contributed by atoms with van der Waals surface area (Å²) in [5, 5.41) is 0. The Labute approximate surface area is 87.4 Å². The van der Waals surface area contributed by atoms with Crippen molar-refractivity contribution in [2.24, 2.45) is 0 Å². The van der Waals surface area contributed by atoms with Crippen LogP contribution >= 0.6 is 0 Å². The van der Waals surface area contributed by atoms with Gasteiger partial charge in [0.2, 0.25) is 0 Å². The monoisotopic (exact) mass is 205 g/mol. The third-order valence-corrected chi connectivity index (χ3v) is 2.31. The molecule has 78 valence electrons. The topological polar surface area (TPSA) is 46.6 Å². The smallest absolute Gasteiger partial charge is 0.397 e. The molecule has 4 nitrogen and oxygen atoms in total. The number of benzene rings is 1. The van der Waals surface area contributed by atoms with Gasteiger partial charge in [-0.1, -0.05) is 17.7 Å². The molecule has 1 amide bonds. The van der Waals surface area contributed by atoms with Crippen LogP contribution in [0.25, 0.3) is 0 Å². The molecule has 0 unspecified atom stereocenters. The minimum atomic E-state index is -0.776. The summed E-state index contributed by atoms with van der Waals surface area (Å²) in [4.78, 5) is 23.9. The van der Waals surface area contributed by atoms with Crippen molar-refractivity contribution in [1.29, 1.82) is 0 Å². The summed E-state index contributed by atoms with van der Waals surface area (Å²) in [6, 6.07) is 7.46. The first-order valence-corrected chi connectivity index (χ1v) is 4.74. The molecule has 2 rings (SSSR count). The molecule has 0 spiro atoms. The van der Waals surface area contributed by atoms with Crippen molar-refractivity contribution >= 4 is 17.6 Å². The fraction of sp³-hybridized carbons (Fsp3) is 0.273. The Morgan fingerprint density at radius 1 is 1.20 bits per heavy atom. The van der Waals surface area contributed by atoms with E-state index in [9.17, 15) is 9.59 Å². The highest BCUT2D eigenvalue weighted by Crippen LogP contribution is 2.17. The zero-order valence-electron chi connectivity index (χ0n) is 8.40. The molecule has 4 heteroatoms. The van der Waals surface area contributed by atoms with Crippen LogP contribution in [0, 0.1) is 6.92 Å². The van der Waals surface area contributed by atoms with Crippen molar-refractivity contribution in [1.82, 2.24) is 0 Å². The van der Waals surface area contributed by atoms with Gasteiger partial charge < -0.3 is 4.74 Å². The van der Waals surface area contributed by atoms with Crippen LogP contribution in [0.5, 0.6) is 0 Å². The number of carbonyl (C=O) groups excluding carboxylic acids is 2. The third kappa shape index (κ3) is 1.83. The Bertz CT molecular complexity index is 397. The Morgan fingerprint density at radius 2 is 1.87 bits per heavy atom. The molecule has 0 aliphatic carbocycles. The standard InChI is InChI=1S/C11H11NO3/c1-8-2-4-9(5-3-8)12-6-7-15-11(14)10(12)13/h2-5H,6-7H2,1H3. The van der Waals surface area contributed by atoms with Gasteiger partial charge in [0, 0.05) is 5.69 Å². The molecule has 1 aromatic carbocycles. The lowest BCUT2D eigenvalue weighted by molar-refractivity contribution is -0.156. The first kappa shape index (κ1) is 9.71. The molecule has 1 aromatic rings. The molecule has 0 N–H and O–H groups in total. The van der Waals surface area contributed by atoms with Crippen LogP contribution in [-0.2, 0) is 14.3 Å². The van der Waals surface area contributed by atoms with Crippen LogP contribution in [0.4, 0.5) is 5.69 Å². The summed E-state index contributed by atoms with van der Waals surface area (Å²) < 4.78 is 4.64. The van der Waals surface area contributed by atoms with Crippen molar-refractivity contribution < 1.29 is 14.3 Å². The van der Waals surface area contributed by atoms with E-state index in [1.807, 2.05) is 31.2 Å².